The summed E-state index contributed by atoms with van der Waals surface area (Å²) in [4.78, 5) is 0. The Labute approximate surface area is 159 Å². The maximum Gasteiger partial charge on any atom is 0.0136 e. The van der Waals surface area contributed by atoms with Crippen molar-refractivity contribution in [1.29, 1.82) is 0 Å². The van der Waals surface area contributed by atoms with Crippen LogP contribution in [-0.4, -0.2) is 0 Å². The maximum atomic E-state index is 2.45. The first-order chi connectivity index (χ1) is 11.6. The molecule has 2 unspecified atom stereocenters. The lowest BCUT2D eigenvalue weighted by molar-refractivity contribution is 0.865. The molecule has 0 amide bonds. The molecule has 24 heavy (non-hydrogen) atoms. The largest absolute Gasteiger partial charge is 0.0622 e. The van der Waals surface area contributed by atoms with Crippen molar-refractivity contribution in [3.8, 4) is 0 Å². The molecular weight excluding hydrogens is 403 g/mol. The average molecular weight is 426 g/mol. The van der Waals surface area contributed by atoms with E-state index in [1.807, 2.05) is 0 Å². The van der Waals surface area contributed by atoms with Gasteiger partial charge in [-0.3, -0.25) is 0 Å². The molecular formula is C23H23I. The van der Waals surface area contributed by atoms with Crippen LogP contribution in [0.3, 0.4) is 0 Å². The molecule has 3 rings (SSSR count). The third-order valence-electron chi connectivity index (χ3n) is 4.98. The van der Waals surface area contributed by atoms with Crippen LogP contribution in [0.1, 0.15) is 53.5 Å². The Morgan fingerprint density at radius 1 is 0.667 bits per heavy atom. The fraction of sp³-hybridized carbons (Fsp3) is 0.217. The summed E-state index contributed by atoms with van der Waals surface area (Å²) in [7, 11) is 0. The molecule has 0 heterocycles. The van der Waals surface area contributed by atoms with Gasteiger partial charge in [0.25, 0.3) is 0 Å². The van der Waals surface area contributed by atoms with Crippen LogP contribution in [0.25, 0.3) is 0 Å². The van der Waals surface area contributed by atoms with E-state index in [1.165, 1.54) is 31.4 Å². The van der Waals surface area contributed by atoms with Crippen LogP contribution in [0.4, 0.5) is 0 Å². The minimum atomic E-state index is 0.405. The van der Waals surface area contributed by atoms with Gasteiger partial charge in [-0.05, 0) is 69.5 Å². The second-order valence-corrected chi connectivity index (χ2v) is 7.72. The Kier molecular flexibility index (Phi) is 5.40. The number of halogens is 1. The monoisotopic (exact) mass is 426 g/mol. The maximum absolute atomic E-state index is 2.45. The number of benzene rings is 3. The van der Waals surface area contributed by atoms with E-state index in [2.05, 4.69) is 116 Å². The predicted molar refractivity (Wildman–Crippen MR) is 112 cm³/mol. The molecule has 0 aliphatic carbocycles. The quantitative estimate of drug-likeness (QED) is 0.398. The summed E-state index contributed by atoms with van der Waals surface area (Å²) in [5, 5.41) is 0. The van der Waals surface area contributed by atoms with Crippen LogP contribution in [0.5, 0.6) is 0 Å². The van der Waals surface area contributed by atoms with Crippen molar-refractivity contribution < 1.29 is 0 Å². The average Bonchev–Trinajstić information content (AvgIpc) is 2.63. The molecule has 0 aliphatic heterocycles. The molecule has 0 aliphatic rings. The summed E-state index contributed by atoms with van der Waals surface area (Å²) in [6, 6.07) is 26.3. The van der Waals surface area contributed by atoms with Gasteiger partial charge in [-0.2, -0.15) is 0 Å². The summed E-state index contributed by atoms with van der Waals surface area (Å²) < 4.78 is 1.31. The van der Waals surface area contributed by atoms with Crippen LogP contribution in [0, 0.1) is 10.5 Å². The van der Waals surface area contributed by atoms with E-state index in [1.54, 1.807) is 0 Å². The first-order valence-corrected chi connectivity index (χ1v) is 9.55. The van der Waals surface area contributed by atoms with E-state index >= 15 is 0 Å². The smallest absolute Gasteiger partial charge is 0.0136 e. The highest BCUT2D eigenvalue weighted by Gasteiger charge is 2.18. The van der Waals surface area contributed by atoms with Crippen LogP contribution in [0.2, 0.25) is 0 Å². The van der Waals surface area contributed by atoms with Gasteiger partial charge < -0.3 is 0 Å². The van der Waals surface area contributed by atoms with Crippen molar-refractivity contribution >= 4 is 22.6 Å². The molecule has 0 saturated heterocycles. The fourth-order valence-corrected chi connectivity index (χ4v) is 4.14. The second kappa shape index (κ2) is 7.52. The van der Waals surface area contributed by atoms with Gasteiger partial charge in [-0.15, -0.1) is 0 Å². The number of hydrogen-bond donors (Lipinski definition) is 0. The first kappa shape index (κ1) is 17.2. The highest BCUT2D eigenvalue weighted by molar-refractivity contribution is 14.1. The lowest BCUT2D eigenvalue weighted by Crippen LogP contribution is -2.06. The van der Waals surface area contributed by atoms with Crippen LogP contribution in [-0.2, 0) is 0 Å². The predicted octanol–water partition coefficient (Wildman–Crippen LogP) is 6.90. The molecule has 3 aromatic carbocycles. The Bertz CT molecular complexity index is 739. The van der Waals surface area contributed by atoms with Gasteiger partial charge in [-0.25, -0.2) is 0 Å². The van der Waals surface area contributed by atoms with Crippen molar-refractivity contribution in [3.05, 3.63) is 104 Å². The summed E-state index contributed by atoms with van der Waals surface area (Å²) in [5.74, 6) is 0.810. The Balaban J connectivity index is 2.05. The van der Waals surface area contributed by atoms with Gasteiger partial charge in [0.1, 0.15) is 0 Å². The summed E-state index contributed by atoms with van der Waals surface area (Å²) in [6.07, 6.45) is 0. The van der Waals surface area contributed by atoms with Crippen LogP contribution >= 0.6 is 22.6 Å². The van der Waals surface area contributed by atoms with E-state index in [4.69, 9.17) is 0 Å². The molecule has 0 fully saturated rings. The topological polar surface area (TPSA) is 0 Å². The molecule has 0 aromatic heterocycles. The van der Waals surface area contributed by atoms with Gasteiger partial charge >= 0.3 is 0 Å². The zero-order valence-corrected chi connectivity index (χ0v) is 16.6. The van der Waals surface area contributed by atoms with Gasteiger partial charge in [0.05, 0.1) is 0 Å². The van der Waals surface area contributed by atoms with Crippen LogP contribution in [0.15, 0.2) is 72.8 Å². The molecule has 0 N–H and O–H groups in total. The SMILES string of the molecule is Cc1c(C(C)c2ccccc2)cc(I)cc1C(C)c1ccccc1. The van der Waals surface area contributed by atoms with Gasteiger partial charge in [0.15, 0.2) is 0 Å². The molecule has 0 spiro atoms. The summed E-state index contributed by atoms with van der Waals surface area (Å²) >= 11 is 2.45. The lowest BCUT2D eigenvalue weighted by Gasteiger charge is -2.22. The Morgan fingerprint density at radius 3 is 1.42 bits per heavy atom. The molecule has 3 aromatic rings. The number of rotatable bonds is 4. The minimum absolute atomic E-state index is 0.405. The molecule has 122 valence electrons. The molecule has 2 atom stereocenters. The standard InChI is InChI=1S/C23H23I/c1-16(19-10-6-4-7-11-19)22-14-21(24)15-23(18(22)3)17(2)20-12-8-5-9-13-20/h4-17H,1-3H3. The zero-order valence-electron chi connectivity index (χ0n) is 14.5. The molecule has 0 bridgehead atoms. The molecule has 0 radical (unpaired) electrons. The van der Waals surface area contributed by atoms with E-state index in [9.17, 15) is 0 Å². The highest BCUT2D eigenvalue weighted by Crippen LogP contribution is 2.35. The minimum Gasteiger partial charge on any atom is -0.0622 e. The molecule has 0 nitrogen and oxygen atoms in total. The van der Waals surface area contributed by atoms with E-state index < -0.39 is 0 Å². The second-order valence-electron chi connectivity index (χ2n) is 6.47. The van der Waals surface area contributed by atoms with Crippen molar-refractivity contribution in [2.45, 2.75) is 32.6 Å². The number of hydrogen-bond acceptors (Lipinski definition) is 0. The highest BCUT2D eigenvalue weighted by atomic mass is 127. The first-order valence-electron chi connectivity index (χ1n) is 8.47. The lowest BCUT2D eigenvalue weighted by atomic mass is 9.83. The van der Waals surface area contributed by atoms with Gasteiger partial charge in [0, 0.05) is 15.4 Å². The Hall–Kier alpha value is -1.61. The Morgan fingerprint density at radius 2 is 1.04 bits per heavy atom. The van der Waals surface area contributed by atoms with Crippen LogP contribution < -0.4 is 0 Å². The van der Waals surface area contributed by atoms with E-state index in [0.717, 1.165) is 0 Å². The van der Waals surface area contributed by atoms with Crippen molar-refractivity contribution in [2.75, 3.05) is 0 Å². The molecule has 1 heteroatoms. The van der Waals surface area contributed by atoms with Gasteiger partial charge in [-0.1, -0.05) is 74.5 Å². The normalized spacial score (nSPS) is 13.5. The van der Waals surface area contributed by atoms with E-state index in [0.29, 0.717) is 11.8 Å². The van der Waals surface area contributed by atoms with Crippen molar-refractivity contribution in [3.63, 3.8) is 0 Å². The third kappa shape index (κ3) is 3.56. The molecule has 0 saturated carbocycles. The fourth-order valence-electron chi connectivity index (χ4n) is 3.46. The van der Waals surface area contributed by atoms with Crippen molar-refractivity contribution in [1.82, 2.24) is 0 Å². The van der Waals surface area contributed by atoms with E-state index in [-0.39, 0.29) is 0 Å². The van der Waals surface area contributed by atoms with Crippen molar-refractivity contribution in [2.24, 2.45) is 0 Å². The zero-order chi connectivity index (χ0) is 17.1. The third-order valence-corrected chi connectivity index (χ3v) is 5.61. The summed E-state index contributed by atoms with van der Waals surface area (Å²) in [6.45, 7) is 6.90. The van der Waals surface area contributed by atoms with Gasteiger partial charge in [0.2, 0.25) is 0 Å². The summed E-state index contributed by atoms with van der Waals surface area (Å²) in [5.41, 5.74) is 7.04.